The van der Waals surface area contributed by atoms with Crippen LogP contribution < -0.4 is 5.32 Å². The Morgan fingerprint density at radius 1 is 1.31 bits per heavy atom. The Balaban J connectivity index is 2.02. The second-order valence-corrected chi connectivity index (χ2v) is 6.15. The molecule has 0 saturated heterocycles. The first kappa shape index (κ1) is 14.0. The molecule has 0 aromatic rings. The topological polar surface area (TPSA) is 15.3 Å². The summed E-state index contributed by atoms with van der Waals surface area (Å²) in [5.41, 5.74) is 0. The Bertz CT molecular complexity index is 191. The van der Waals surface area contributed by atoms with Gasteiger partial charge in [-0.05, 0) is 57.7 Å². The summed E-state index contributed by atoms with van der Waals surface area (Å²) in [6, 6.07) is 0.715. The third-order valence-electron chi connectivity index (χ3n) is 3.84. The van der Waals surface area contributed by atoms with Gasteiger partial charge in [-0.25, -0.2) is 0 Å². The van der Waals surface area contributed by atoms with Crippen LogP contribution in [-0.4, -0.2) is 37.6 Å². The highest BCUT2D eigenvalue weighted by atomic mass is 15.1. The average molecular weight is 226 g/mol. The van der Waals surface area contributed by atoms with Crippen molar-refractivity contribution >= 4 is 0 Å². The number of nitrogens with one attached hydrogen (secondary N) is 1. The summed E-state index contributed by atoms with van der Waals surface area (Å²) < 4.78 is 0. The summed E-state index contributed by atoms with van der Waals surface area (Å²) in [5.74, 6) is 2.73. The van der Waals surface area contributed by atoms with Crippen molar-refractivity contribution in [1.82, 2.24) is 10.2 Å². The van der Waals surface area contributed by atoms with Crippen molar-refractivity contribution < 1.29 is 0 Å². The Kier molecular flexibility index (Phi) is 5.77. The van der Waals surface area contributed by atoms with Crippen molar-refractivity contribution in [3.8, 4) is 0 Å². The van der Waals surface area contributed by atoms with Crippen molar-refractivity contribution in [2.24, 2.45) is 17.8 Å². The minimum atomic E-state index is 0.715. The quantitative estimate of drug-likeness (QED) is 0.640. The lowest BCUT2D eigenvalue weighted by atomic mass is 10.2. The van der Waals surface area contributed by atoms with Gasteiger partial charge in [-0.3, -0.25) is 0 Å². The minimum Gasteiger partial charge on any atom is -0.316 e. The van der Waals surface area contributed by atoms with E-state index >= 15 is 0 Å². The van der Waals surface area contributed by atoms with Gasteiger partial charge in [0.15, 0.2) is 0 Å². The third-order valence-corrected chi connectivity index (χ3v) is 3.84. The fourth-order valence-corrected chi connectivity index (χ4v) is 2.13. The molecule has 0 aromatic heterocycles. The molecule has 1 saturated carbocycles. The van der Waals surface area contributed by atoms with Crippen molar-refractivity contribution in [3.05, 3.63) is 0 Å². The lowest BCUT2D eigenvalue weighted by molar-refractivity contribution is 0.231. The maximum absolute atomic E-state index is 3.52. The molecular formula is C14H30N2. The van der Waals surface area contributed by atoms with Crippen LogP contribution in [0, 0.1) is 17.8 Å². The highest BCUT2D eigenvalue weighted by molar-refractivity contribution is 4.85. The van der Waals surface area contributed by atoms with Gasteiger partial charge in [0.2, 0.25) is 0 Å². The summed E-state index contributed by atoms with van der Waals surface area (Å²) in [6.07, 6.45) is 2.72. The van der Waals surface area contributed by atoms with E-state index in [4.69, 9.17) is 0 Å². The predicted molar refractivity (Wildman–Crippen MR) is 71.7 cm³/mol. The van der Waals surface area contributed by atoms with Crippen LogP contribution in [0.5, 0.6) is 0 Å². The average Bonchev–Trinajstić information content (AvgIpc) is 2.88. The van der Waals surface area contributed by atoms with Gasteiger partial charge >= 0.3 is 0 Å². The zero-order chi connectivity index (χ0) is 12.1. The molecule has 2 heteroatoms. The molecular weight excluding hydrogens is 196 g/mol. The van der Waals surface area contributed by atoms with E-state index in [-0.39, 0.29) is 0 Å². The molecule has 2 nitrogen and oxygen atoms in total. The van der Waals surface area contributed by atoms with Crippen LogP contribution in [0.15, 0.2) is 0 Å². The van der Waals surface area contributed by atoms with Gasteiger partial charge in [-0.15, -0.1) is 0 Å². The van der Waals surface area contributed by atoms with E-state index in [0.717, 1.165) is 30.8 Å². The molecule has 16 heavy (non-hydrogen) atoms. The zero-order valence-corrected chi connectivity index (χ0v) is 11.8. The lowest BCUT2D eigenvalue weighted by Gasteiger charge is -2.25. The first-order chi connectivity index (χ1) is 7.50. The molecule has 96 valence electrons. The van der Waals surface area contributed by atoms with Crippen LogP contribution >= 0.6 is 0 Å². The summed E-state index contributed by atoms with van der Waals surface area (Å²) in [7, 11) is 2.28. The van der Waals surface area contributed by atoms with Crippen LogP contribution in [0.1, 0.15) is 40.5 Å². The molecule has 0 radical (unpaired) electrons. The van der Waals surface area contributed by atoms with E-state index in [1.165, 1.54) is 19.4 Å². The van der Waals surface area contributed by atoms with Crippen molar-refractivity contribution in [1.29, 1.82) is 0 Å². The Labute approximate surface area is 102 Å². The summed E-state index contributed by atoms with van der Waals surface area (Å²) in [5, 5.41) is 3.52. The molecule has 3 unspecified atom stereocenters. The van der Waals surface area contributed by atoms with E-state index in [1.807, 2.05) is 0 Å². The minimum absolute atomic E-state index is 0.715. The number of nitrogens with zero attached hydrogens (tertiary/aromatic N) is 1. The van der Waals surface area contributed by atoms with Gasteiger partial charge < -0.3 is 10.2 Å². The molecule has 1 fully saturated rings. The van der Waals surface area contributed by atoms with Crippen molar-refractivity contribution in [2.75, 3.05) is 26.7 Å². The second-order valence-electron chi connectivity index (χ2n) is 6.15. The van der Waals surface area contributed by atoms with Gasteiger partial charge in [0, 0.05) is 12.6 Å². The van der Waals surface area contributed by atoms with Crippen LogP contribution in [0.4, 0.5) is 0 Å². The summed E-state index contributed by atoms with van der Waals surface area (Å²) in [6.45, 7) is 12.8. The van der Waals surface area contributed by atoms with Gasteiger partial charge in [0.25, 0.3) is 0 Å². The summed E-state index contributed by atoms with van der Waals surface area (Å²) >= 11 is 0. The maximum atomic E-state index is 3.52. The van der Waals surface area contributed by atoms with E-state index in [1.54, 1.807) is 0 Å². The number of hydrogen-bond donors (Lipinski definition) is 1. The first-order valence-electron chi connectivity index (χ1n) is 6.91. The van der Waals surface area contributed by atoms with Crippen LogP contribution in [0.3, 0.4) is 0 Å². The SMILES string of the molecule is CC(C)CNCCC(C)N(C)CC1CC1C. The molecule has 0 bridgehead atoms. The second kappa shape index (κ2) is 6.61. The Hall–Kier alpha value is -0.0800. The number of rotatable bonds is 8. The van der Waals surface area contributed by atoms with E-state index in [9.17, 15) is 0 Å². The molecule has 1 aliphatic carbocycles. The van der Waals surface area contributed by atoms with Gasteiger partial charge in [0.05, 0.1) is 0 Å². The maximum Gasteiger partial charge on any atom is 0.00760 e. The third kappa shape index (κ3) is 5.31. The van der Waals surface area contributed by atoms with Crippen molar-refractivity contribution in [3.63, 3.8) is 0 Å². The largest absolute Gasteiger partial charge is 0.316 e. The van der Waals surface area contributed by atoms with Gasteiger partial charge in [-0.2, -0.15) is 0 Å². The molecule has 1 N–H and O–H groups in total. The van der Waals surface area contributed by atoms with Gasteiger partial charge in [0.1, 0.15) is 0 Å². The fourth-order valence-electron chi connectivity index (χ4n) is 2.13. The molecule has 0 aromatic carbocycles. The zero-order valence-electron chi connectivity index (χ0n) is 11.8. The van der Waals surface area contributed by atoms with Crippen LogP contribution in [-0.2, 0) is 0 Å². The smallest absolute Gasteiger partial charge is 0.00760 e. The molecule has 1 rings (SSSR count). The van der Waals surface area contributed by atoms with E-state index < -0.39 is 0 Å². The molecule has 3 atom stereocenters. The van der Waals surface area contributed by atoms with Crippen LogP contribution in [0.2, 0.25) is 0 Å². The molecule has 0 spiro atoms. The molecule has 0 amide bonds. The normalized spacial score (nSPS) is 26.4. The highest BCUT2D eigenvalue weighted by Gasteiger charge is 2.33. The number of hydrogen-bond acceptors (Lipinski definition) is 2. The highest BCUT2D eigenvalue weighted by Crippen LogP contribution is 2.38. The summed E-state index contributed by atoms with van der Waals surface area (Å²) in [4.78, 5) is 2.53. The monoisotopic (exact) mass is 226 g/mol. The Morgan fingerprint density at radius 2 is 1.94 bits per heavy atom. The standard InChI is InChI=1S/C14H30N2/c1-11(2)9-15-7-6-13(4)16(5)10-14-8-12(14)3/h11-15H,6-10H2,1-5H3. The van der Waals surface area contributed by atoms with Gasteiger partial charge in [-0.1, -0.05) is 20.8 Å². The van der Waals surface area contributed by atoms with Crippen molar-refractivity contribution in [2.45, 2.75) is 46.6 Å². The predicted octanol–water partition coefficient (Wildman–Crippen LogP) is 2.60. The lowest BCUT2D eigenvalue weighted by Crippen LogP contribution is -2.34. The first-order valence-corrected chi connectivity index (χ1v) is 6.91. The molecule has 0 heterocycles. The molecule has 0 aliphatic heterocycles. The fraction of sp³-hybridized carbons (Fsp3) is 1.00. The van der Waals surface area contributed by atoms with Crippen LogP contribution in [0.25, 0.3) is 0 Å². The van der Waals surface area contributed by atoms with E-state index in [2.05, 4.69) is 45.0 Å². The van der Waals surface area contributed by atoms with E-state index in [0.29, 0.717) is 6.04 Å². The Morgan fingerprint density at radius 3 is 2.44 bits per heavy atom. The molecule has 1 aliphatic rings.